The van der Waals surface area contributed by atoms with Crippen molar-refractivity contribution in [3.05, 3.63) is 29.8 Å². The van der Waals surface area contributed by atoms with Gasteiger partial charge in [0.15, 0.2) is 0 Å². The molecule has 3 fully saturated rings. The number of amides is 2. The van der Waals surface area contributed by atoms with E-state index >= 15 is 0 Å². The lowest BCUT2D eigenvalue weighted by atomic mass is 9.79. The third-order valence-corrected chi connectivity index (χ3v) is 7.22. The lowest BCUT2D eigenvalue weighted by Crippen LogP contribution is -2.60. The van der Waals surface area contributed by atoms with Crippen molar-refractivity contribution >= 4 is 17.5 Å². The van der Waals surface area contributed by atoms with E-state index in [1.807, 2.05) is 18.2 Å². The lowest BCUT2D eigenvalue weighted by Gasteiger charge is -2.48. The quantitative estimate of drug-likeness (QED) is 0.779. The summed E-state index contributed by atoms with van der Waals surface area (Å²) in [4.78, 5) is 30.1. The molecule has 2 heterocycles. The number of hydrogen-bond acceptors (Lipinski definition) is 4. The van der Waals surface area contributed by atoms with Crippen molar-refractivity contribution in [1.29, 1.82) is 0 Å². The second-order valence-corrected chi connectivity index (χ2v) is 8.99. The van der Waals surface area contributed by atoms with Crippen molar-refractivity contribution < 1.29 is 14.3 Å². The Hall–Kier alpha value is -1.92. The maximum atomic E-state index is 13.1. The predicted octanol–water partition coefficient (Wildman–Crippen LogP) is 2.75. The third-order valence-electron chi connectivity index (χ3n) is 7.22. The fourth-order valence-corrected chi connectivity index (χ4v) is 5.44. The van der Waals surface area contributed by atoms with E-state index in [0.29, 0.717) is 19.5 Å². The molecular weight excluding hydrogens is 378 g/mol. The predicted molar refractivity (Wildman–Crippen MR) is 117 cm³/mol. The summed E-state index contributed by atoms with van der Waals surface area (Å²) < 4.78 is 5.55. The zero-order valence-electron chi connectivity index (χ0n) is 18.2. The first kappa shape index (κ1) is 21.3. The van der Waals surface area contributed by atoms with Gasteiger partial charge in [0.1, 0.15) is 0 Å². The summed E-state index contributed by atoms with van der Waals surface area (Å²) in [6, 6.07) is 8.02. The maximum absolute atomic E-state index is 13.1. The number of morpholine rings is 1. The third kappa shape index (κ3) is 4.40. The van der Waals surface area contributed by atoms with E-state index in [4.69, 9.17) is 4.74 Å². The fraction of sp³-hybridized carbons (Fsp3) is 0.667. The smallest absolute Gasteiger partial charge is 0.227 e. The Balaban J connectivity index is 1.40. The van der Waals surface area contributed by atoms with Crippen molar-refractivity contribution in [3.63, 3.8) is 0 Å². The highest BCUT2D eigenvalue weighted by atomic mass is 16.5. The first-order valence-corrected chi connectivity index (χ1v) is 11.6. The Bertz CT molecular complexity index is 754. The Morgan fingerprint density at radius 1 is 1.17 bits per heavy atom. The van der Waals surface area contributed by atoms with Gasteiger partial charge < -0.3 is 15.0 Å². The van der Waals surface area contributed by atoms with Crippen LogP contribution in [0.3, 0.4) is 0 Å². The summed E-state index contributed by atoms with van der Waals surface area (Å²) in [7, 11) is 0. The van der Waals surface area contributed by atoms with Crippen LogP contribution in [0.5, 0.6) is 0 Å². The van der Waals surface area contributed by atoms with Crippen LogP contribution >= 0.6 is 0 Å². The van der Waals surface area contributed by atoms with Crippen LogP contribution in [0.4, 0.5) is 5.69 Å². The molecule has 0 radical (unpaired) electrons. The van der Waals surface area contributed by atoms with Crippen LogP contribution in [0.1, 0.15) is 51.0 Å². The molecule has 1 saturated carbocycles. The van der Waals surface area contributed by atoms with E-state index in [2.05, 4.69) is 23.2 Å². The van der Waals surface area contributed by atoms with Crippen molar-refractivity contribution in [1.82, 2.24) is 10.2 Å². The molecule has 1 aromatic rings. The van der Waals surface area contributed by atoms with Crippen molar-refractivity contribution in [2.75, 3.05) is 44.3 Å². The van der Waals surface area contributed by atoms with Crippen molar-refractivity contribution in [2.45, 2.75) is 57.4 Å². The molecule has 0 aromatic heterocycles. The zero-order valence-corrected chi connectivity index (χ0v) is 18.2. The summed E-state index contributed by atoms with van der Waals surface area (Å²) in [6.45, 7) is 6.70. The molecule has 2 saturated heterocycles. The lowest BCUT2D eigenvalue weighted by molar-refractivity contribution is -0.127. The summed E-state index contributed by atoms with van der Waals surface area (Å²) in [5.41, 5.74) is 2.16. The normalized spacial score (nSPS) is 24.8. The monoisotopic (exact) mass is 413 g/mol. The van der Waals surface area contributed by atoms with Crippen molar-refractivity contribution in [3.8, 4) is 0 Å². The number of carbonyl (C=O) groups excluding carboxylic acids is 2. The van der Waals surface area contributed by atoms with Gasteiger partial charge in [-0.1, -0.05) is 44.4 Å². The number of aryl methyl sites for hydroxylation is 1. The number of hydrogen-bond donors (Lipinski definition) is 1. The molecule has 1 aliphatic carbocycles. The average molecular weight is 414 g/mol. The minimum atomic E-state index is -0.271. The number of carbonyl (C=O) groups is 2. The number of anilines is 1. The highest BCUT2D eigenvalue weighted by molar-refractivity contribution is 6.00. The largest absolute Gasteiger partial charge is 0.379 e. The highest BCUT2D eigenvalue weighted by Gasteiger charge is 2.41. The molecule has 1 atom stereocenters. The van der Waals surface area contributed by atoms with E-state index < -0.39 is 0 Å². The SMILES string of the molecule is CCc1ccccc1N1C[C@H](C(=O)NCC2(N3CCOCC3)CCCCC2)CC1=O. The van der Waals surface area contributed by atoms with Crippen LogP contribution in [0, 0.1) is 5.92 Å². The van der Waals surface area contributed by atoms with E-state index in [1.165, 1.54) is 19.3 Å². The summed E-state index contributed by atoms with van der Waals surface area (Å²) in [6.07, 6.45) is 7.16. The Kier molecular flexibility index (Phi) is 6.74. The number of nitrogens with one attached hydrogen (secondary N) is 1. The van der Waals surface area contributed by atoms with Gasteiger partial charge in [-0.2, -0.15) is 0 Å². The minimum absolute atomic E-state index is 0.0260. The Labute approximate surface area is 179 Å². The minimum Gasteiger partial charge on any atom is -0.379 e. The number of benzene rings is 1. The zero-order chi connectivity index (χ0) is 21.0. The van der Waals surface area contributed by atoms with E-state index in [1.54, 1.807) is 4.90 Å². The molecule has 6 heteroatoms. The average Bonchev–Trinajstić information content (AvgIpc) is 3.20. The number of rotatable bonds is 6. The number of para-hydroxylation sites is 1. The Morgan fingerprint density at radius 3 is 2.63 bits per heavy atom. The first-order chi connectivity index (χ1) is 14.6. The van der Waals surface area contributed by atoms with Gasteiger partial charge in [-0.25, -0.2) is 0 Å². The molecule has 2 amide bonds. The van der Waals surface area contributed by atoms with Gasteiger partial charge in [0, 0.05) is 43.8 Å². The fourth-order valence-electron chi connectivity index (χ4n) is 5.44. The second-order valence-electron chi connectivity index (χ2n) is 8.99. The van der Waals surface area contributed by atoms with Crippen LogP contribution in [-0.4, -0.2) is 61.6 Å². The molecule has 30 heavy (non-hydrogen) atoms. The van der Waals surface area contributed by atoms with E-state index in [9.17, 15) is 9.59 Å². The van der Waals surface area contributed by atoms with Crippen LogP contribution in [0.2, 0.25) is 0 Å². The van der Waals surface area contributed by atoms with Gasteiger partial charge in [-0.05, 0) is 30.9 Å². The molecule has 0 unspecified atom stereocenters. The molecule has 4 rings (SSSR count). The van der Waals surface area contributed by atoms with Crippen molar-refractivity contribution in [2.24, 2.45) is 5.92 Å². The molecule has 1 aromatic carbocycles. The second kappa shape index (κ2) is 9.48. The maximum Gasteiger partial charge on any atom is 0.227 e. The highest BCUT2D eigenvalue weighted by Crippen LogP contribution is 2.34. The van der Waals surface area contributed by atoms with Gasteiger partial charge in [0.05, 0.1) is 19.1 Å². The van der Waals surface area contributed by atoms with E-state index in [-0.39, 0.29) is 23.3 Å². The number of nitrogens with zero attached hydrogens (tertiary/aromatic N) is 2. The van der Waals surface area contributed by atoms with Crippen LogP contribution in [-0.2, 0) is 20.7 Å². The van der Waals surface area contributed by atoms with Crippen LogP contribution in [0.15, 0.2) is 24.3 Å². The van der Waals surface area contributed by atoms with Crippen LogP contribution in [0.25, 0.3) is 0 Å². The van der Waals surface area contributed by atoms with Gasteiger partial charge in [0.2, 0.25) is 11.8 Å². The summed E-state index contributed by atoms with van der Waals surface area (Å²) in [5.74, 6) is -0.192. The van der Waals surface area contributed by atoms with Gasteiger partial charge in [-0.3, -0.25) is 14.5 Å². The topological polar surface area (TPSA) is 61.9 Å². The standard InChI is InChI=1S/C24H35N3O3/c1-2-19-8-4-5-9-21(19)27-17-20(16-22(27)28)23(29)25-18-24(10-6-3-7-11-24)26-12-14-30-15-13-26/h4-5,8-9,20H,2-3,6-7,10-18H2,1H3,(H,25,29)/t20-/m1/s1. The summed E-state index contributed by atoms with van der Waals surface area (Å²) in [5, 5.41) is 3.25. The molecule has 3 aliphatic rings. The molecule has 0 bridgehead atoms. The Morgan fingerprint density at radius 2 is 1.90 bits per heavy atom. The summed E-state index contributed by atoms with van der Waals surface area (Å²) >= 11 is 0. The van der Waals surface area contributed by atoms with Gasteiger partial charge >= 0.3 is 0 Å². The molecule has 164 valence electrons. The first-order valence-electron chi connectivity index (χ1n) is 11.6. The van der Waals surface area contributed by atoms with Gasteiger partial charge in [0.25, 0.3) is 0 Å². The molecule has 2 aliphatic heterocycles. The van der Waals surface area contributed by atoms with Gasteiger partial charge in [-0.15, -0.1) is 0 Å². The molecule has 6 nitrogen and oxygen atoms in total. The molecule has 1 N–H and O–H groups in total. The van der Waals surface area contributed by atoms with Crippen LogP contribution < -0.4 is 10.2 Å². The molecule has 0 spiro atoms. The van der Waals surface area contributed by atoms with E-state index in [0.717, 1.165) is 56.8 Å². The molecular formula is C24H35N3O3. The number of ether oxygens (including phenoxy) is 1.